The molecule has 0 aliphatic carbocycles. The van der Waals surface area contributed by atoms with Gasteiger partial charge in [-0.1, -0.05) is 17.7 Å². The van der Waals surface area contributed by atoms with E-state index in [1.54, 1.807) is 26.3 Å². The Morgan fingerprint density at radius 1 is 1.06 bits per heavy atom. The third-order valence-corrected chi connectivity index (χ3v) is 7.52. The molecule has 34 heavy (non-hydrogen) atoms. The second kappa shape index (κ2) is 9.93. The van der Waals surface area contributed by atoms with Crippen molar-refractivity contribution in [2.75, 3.05) is 44.7 Å². The number of ketones is 1. The summed E-state index contributed by atoms with van der Waals surface area (Å²) in [5.74, 6) is 1.51. The van der Waals surface area contributed by atoms with E-state index in [9.17, 15) is 4.79 Å². The number of aromatic nitrogens is 1. The lowest BCUT2D eigenvalue weighted by Gasteiger charge is -2.36. The minimum atomic E-state index is 0.0541. The summed E-state index contributed by atoms with van der Waals surface area (Å²) in [5, 5.41) is 1.65. The summed E-state index contributed by atoms with van der Waals surface area (Å²) in [6.07, 6.45) is 6.74. The number of methoxy groups -OCH3 is 1. The molecule has 0 amide bonds. The third-order valence-electron chi connectivity index (χ3n) is 7.30. The highest BCUT2D eigenvalue weighted by atomic mass is 35.5. The van der Waals surface area contributed by atoms with Crippen LogP contribution in [0.4, 0.5) is 5.69 Å². The summed E-state index contributed by atoms with van der Waals surface area (Å²) in [7, 11) is 1.64. The Bertz CT molecular complexity index is 1200. The lowest BCUT2D eigenvalue weighted by atomic mass is 9.94. The first-order valence-electron chi connectivity index (χ1n) is 12.3. The molecule has 1 aromatic heterocycles. The summed E-state index contributed by atoms with van der Waals surface area (Å²) >= 11 is 6.34. The molecule has 0 saturated carbocycles. The van der Waals surface area contributed by atoms with Crippen molar-refractivity contribution >= 4 is 34.0 Å². The van der Waals surface area contributed by atoms with Gasteiger partial charge >= 0.3 is 0 Å². The topological polar surface area (TPSA) is 45.7 Å². The molecule has 6 heteroatoms. The molecule has 178 valence electrons. The fraction of sp³-hybridized carbons (Fsp3) is 0.429. The van der Waals surface area contributed by atoms with Crippen molar-refractivity contribution in [2.24, 2.45) is 5.92 Å². The predicted octanol–water partition coefficient (Wildman–Crippen LogP) is 6.08. The second-order valence-corrected chi connectivity index (χ2v) is 10.1. The molecular formula is C28H32ClN3O2. The zero-order valence-corrected chi connectivity index (χ0v) is 20.8. The van der Waals surface area contributed by atoms with Crippen LogP contribution < -0.4 is 9.64 Å². The Morgan fingerprint density at radius 3 is 2.53 bits per heavy atom. The Morgan fingerprint density at radius 2 is 1.82 bits per heavy atom. The summed E-state index contributed by atoms with van der Waals surface area (Å²) < 4.78 is 5.42. The van der Waals surface area contributed by atoms with Crippen LogP contribution in [-0.2, 0) is 0 Å². The van der Waals surface area contributed by atoms with Crippen LogP contribution >= 0.6 is 11.6 Å². The molecule has 2 aliphatic heterocycles. The molecule has 0 radical (unpaired) electrons. The van der Waals surface area contributed by atoms with Crippen LogP contribution in [0.15, 0.2) is 42.6 Å². The molecule has 0 spiro atoms. The predicted molar refractivity (Wildman–Crippen MR) is 139 cm³/mol. The molecule has 5 nitrogen and oxygen atoms in total. The zero-order valence-electron chi connectivity index (χ0n) is 20.0. The van der Waals surface area contributed by atoms with Crippen molar-refractivity contribution in [3.05, 3.63) is 53.2 Å². The monoisotopic (exact) mass is 477 g/mol. The molecule has 5 rings (SSSR count). The molecule has 2 aromatic carbocycles. The second-order valence-electron chi connectivity index (χ2n) is 9.63. The van der Waals surface area contributed by atoms with Crippen LogP contribution in [0.25, 0.3) is 22.0 Å². The van der Waals surface area contributed by atoms with E-state index in [1.807, 2.05) is 18.2 Å². The SMILES string of the molecule is COc1cc(Cl)cc(-c2ccc3ncc(C(C)=O)c(N4CCC(CN5CCCC5)CC4)c3c2)c1. The number of piperidine rings is 1. The van der Waals surface area contributed by atoms with Crippen LogP contribution in [0.5, 0.6) is 5.75 Å². The van der Waals surface area contributed by atoms with Crippen molar-refractivity contribution in [2.45, 2.75) is 32.6 Å². The standard InChI is InChI=1S/C28H32ClN3O2/c1-19(33)26-17-30-27-6-5-21(22-13-23(29)16-24(14-22)34-2)15-25(27)28(26)32-11-7-20(8-12-32)18-31-9-3-4-10-31/h5-6,13-17,20H,3-4,7-12,18H2,1-2H3. The van der Waals surface area contributed by atoms with E-state index in [4.69, 9.17) is 16.3 Å². The van der Waals surface area contributed by atoms with Gasteiger partial charge in [-0.15, -0.1) is 0 Å². The van der Waals surface area contributed by atoms with E-state index in [0.29, 0.717) is 10.6 Å². The van der Waals surface area contributed by atoms with Gasteiger partial charge in [0.05, 0.1) is 23.9 Å². The molecule has 2 saturated heterocycles. The number of pyridine rings is 1. The number of nitrogens with zero attached hydrogens (tertiary/aromatic N) is 3. The molecule has 0 bridgehead atoms. The number of hydrogen-bond acceptors (Lipinski definition) is 5. The van der Waals surface area contributed by atoms with Crippen molar-refractivity contribution < 1.29 is 9.53 Å². The Balaban J connectivity index is 1.49. The first kappa shape index (κ1) is 23.1. The van der Waals surface area contributed by atoms with E-state index in [2.05, 4.69) is 26.9 Å². The van der Waals surface area contributed by atoms with Crippen LogP contribution in [0, 0.1) is 5.92 Å². The smallest absolute Gasteiger partial charge is 0.163 e. The average molecular weight is 478 g/mol. The first-order valence-corrected chi connectivity index (χ1v) is 12.7. The number of carbonyl (C=O) groups is 1. The Hall–Kier alpha value is -2.63. The van der Waals surface area contributed by atoms with Gasteiger partial charge in [0.2, 0.25) is 0 Å². The molecule has 2 fully saturated rings. The molecule has 3 aromatic rings. The van der Waals surface area contributed by atoms with E-state index in [-0.39, 0.29) is 5.78 Å². The van der Waals surface area contributed by atoms with E-state index < -0.39 is 0 Å². The third kappa shape index (κ3) is 4.77. The first-order chi connectivity index (χ1) is 16.5. The van der Waals surface area contributed by atoms with Crippen molar-refractivity contribution in [1.29, 1.82) is 0 Å². The number of hydrogen-bond donors (Lipinski definition) is 0. The van der Waals surface area contributed by atoms with Crippen molar-refractivity contribution in [3.8, 4) is 16.9 Å². The Labute approximate surface area is 206 Å². The normalized spacial score (nSPS) is 17.4. The highest BCUT2D eigenvalue weighted by Gasteiger charge is 2.26. The highest BCUT2D eigenvalue weighted by molar-refractivity contribution is 6.31. The van der Waals surface area contributed by atoms with Gasteiger partial charge in [-0.25, -0.2) is 0 Å². The van der Waals surface area contributed by atoms with Gasteiger partial charge in [0.1, 0.15) is 5.75 Å². The minimum Gasteiger partial charge on any atom is -0.497 e. The maximum atomic E-state index is 12.6. The van der Waals surface area contributed by atoms with Crippen LogP contribution in [0.2, 0.25) is 5.02 Å². The average Bonchev–Trinajstić information content (AvgIpc) is 3.36. The number of benzene rings is 2. The zero-order chi connectivity index (χ0) is 23.7. The van der Waals surface area contributed by atoms with Crippen LogP contribution in [-0.4, -0.2) is 55.5 Å². The fourth-order valence-corrected chi connectivity index (χ4v) is 5.70. The van der Waals surface area contributed by atoms with Crippen molar-refractivity contribution in [1.82, 2.24) is 9.88 Å². The highest BCUT2D eigenvalue weighted by Crippen LogP contribution is 2.37. The lowest BCUT2D eigenvalue weighted by Crippen LogP contribution is -2.38. The van der Waals surface area contributed by atoms with E-state index in [0.717, 1.165) is 65.3 Å². The maximum absolute atomic E-state index is 12.6. The van der Waals surface area contributed by atoms with Gasteiger partial charge in [0.15, 0.2) is 5.78 Å². The molecule has 0 unspecified atom stereocenters. The van der Waals surface area contributed by atoms with Gasteiger partial charge in [-0.3, -0.25) is 9.78 Å². The van der Waals surface area contributed by atoms with Crippen LogP contribution in [0.1, 0.15) is 43.0 Å². The number of carbonyl (C=O) groups excluding carboxylic acids is 1. The molecule has 2 aliphatic rings. The van der Waals surface area contributed by atoms with Crippen molar-refractivity contribution in [3.63, 3.8) is 0 Å². The number of fused-ring (bicyclic) bond motifs is 1. The lowest BCUT2D eigenvalue weighted by molar-refractivity contribution is 0.101. The Kier molecular flexibility index (Phi) is 6.75. The number of rotatable bonds is 6. The van der Waals surface area contributed by atoms with Crippen LogP contribution in [0.3, 0.4) is 0 Å². The summed E-state index contributed by atoms with van der Waals surface area (Å²) in [5.41, 5.74) is 4.63. The number of anilines is 1. The maximum Gasteiger partial charge on any atom is 0.163 e. The molecule has 0 N–H and O–H groups in total. The fourth-order valence-electron chi connectivity index (χ4n) is 5.47. The summed E-state index contributed by atoms with van der Waals surface area (Å²) in [4.78, 5) is 22.3. The van der Waals surface area contributed by atoms with Gasteiger partial charge in [0, 0.05) is 36.2 Å². The number of ether oxygens (including phenoxy) is 1. The van der Waals surface area contributed by atoms with E-state index >= 15 is 0 Å². The number of Topliss-reactive ketones (excluding diaryl/α,β-unsaturated/α-hetero) is 1. The number of likely N-dealkylation sites (tertiary alicyclic amines) is 1. The van der Waals surface area contributed by atoms with Gasteiger partial charge < -0.3 is 14.5 Å². The largest absolute Gasteiger partial charge is 0.497 e. The molecular weight excluding hydrogens is 446 g/mol. The number of halogens is 1. The molecule has 3 heterocycles. The van der Waals surface area contributed by atoms with Gasteiger partial charge in [-0.2, -0.15) is 0 Å². The van der Waals surface area contributed by atoms with Gasteiger partial charge in [-0.05, 0) is 93.1 Å². The summed E-state index contributed by atoms with van der Waals surface area (Å²) in [6, 6.07) is 12.0. The summed E-state index contributed by atoms with van der Waals surface area (Å²) in [6.45, 7) is 7.28. The van der Waals surface area contributed by atoms with E-state index in [1.165, 1.54) is 32.5 Å². The van der Waals surface area contributed by atoms with Gasteiger partial charge in [0.25, 0.3) is 0 Å². The quantitative estimate of drug-likeness (QED) is 0.402. The minimum absolute atomic E-state index is 0.0541. The molecule has 0 atom stereocenters.